The summed E-state index contributed by atoms with van der Waals surface area (Å²) in [4.78, 5) is 4.91. The second-order valence-electron chi connectivity index (χ2n) is 11.0. The molecule has 0 radical (unpaired) electrons. The van der Waals surface area contributed by atoms with E-state index in [1.807, 2.05) is 6.07 Å². The average Bonchev–Trinajstić information content (AvgIpc) is 3.19. The lowest BCUT2D eigenvalue weighted by Crippen LogP contribution is -2.11. The number of nitrogens with zero attached hydrogens (tertiary/aromatic N) is 2. The van der Waals surface area contributed by atoms with E-state index in [0.717, 1.165) is 47.7 Å². The molecule has 0 saturated heterocycles. The number of rotatable bonds is 10. The monoisotopic (exact) mass is 484 g/mol. The minimum absolute atomic E-state index is 0.156. The number of aryl methyl sites for hydroxylation is 2. The van der Waals surface area contributed by atoms with Crippen LogP contribution >= 0.6 is 0 Å². The van der Waals surface area contributed by atoms with Crippen LogP contribution in [0.1, 0.15) is 75.9 Å². The predicted octanol–water partition coefficient (Wildman–Crippen LogP) is 8.20. The molecule has 4 nitrogen and oxygen atoms in total. The molecule has 0 amide bonds. The second kappa shape index (κ2) is 11.2. The Morgan fingerprint density at radius 2 is 1.64 bits per heavy atom. The Bertz CT molecular complexity index is 1280. The van der Waals surface area contributed by atoms with Crippen LogP contribution in [-0.2, 0) is 18.6 Å². The molecule has 4 rings (SSSR count). The fraction of sp³-hybridized carbons (Fsp3) is 0.406. The first-order valence-corrected chi connectivity index (χ1v) is 13.1. The summed E-state index contributed by atoms with van der Waals surface area (Å²) < 4.78 is 14.7. The molecule has 0 spiro atoms. The van der Waals surface area contributed by atoms with Crippen LogP contribution in [0.25, 0.3) is 11.0 Å². The number of aromatic nitrogens is 2. The molecule has 36 heavy (non-hydrogen) atoms. The van der Waals surface area contributed by atoms with Crippen molar-refractivity contribution >= 4 is 11.0 Å². The summed E-state index contributed by atoms with van der Waals surface area (Å²) in [5.41, 5.74) is 6.08. The van der Waals surface area contributed by atoms with Gasteiger partial charge in [-0.05, 0) is 78.1 Å². The zero-order chi connectivity index (χ0) is 25.7. The largest absolute Gasteiger partial charge is 0.494 e. The fourth-order valence-corrected chi connectivity index (χ4v) is 4.48. The lowest BCUT2D eigenvalue weighted by atomic mass is 9.87. The van der Waals surface area contributed by atoms with Gasteiger partial charge in [0.25, 0.3) is 0 Å². The maximum atomic E-state index is 6.35. The zero-order valence-corrected chi connectivity index (χ0v) is 22.7. The van der Waals surface area contributed by atoms with Crippen molar-refractivity contribution in [1.82, 2.24) is 9.55 Å². The minimum atomic E-state index is 0.156. The van der Waals surface area contributed by atoms with Gasteiger partial charge in [-0.15, -0.1) is 0 Å². The van der Waals surface area contributed by atoms with Gasteiger partial charge in [-0.3, -0.25) is 0 Å². The number of hydrogen-bond donors (Lipinski definition) is 0. The van der Waals surface area contributed by atoms with Crippen molar-refractivity contribution in [3.63, 3.8) is 0 Å². The molecule has 0 aliphatic heterocycles. The van der Waals surface area contributed by atoms with Gasteiger partial charge in [0.2, 0.25) is 0 Å². The highest BCUT2D eigenvalue weighted by Gasteiger charge is 2.14. The Morgan fingerprint density at radius 1 is 0.889 bits per heavy atom. The summed E-state index contributed by atoms with van der Waals surface area (Å²) in [7, 11) is 0. The Morgan fingerprint density at radius 3 is 2.36 bits per heavy atom. The second-order valence-corrected chi connectivity index (χ2v) is 11.0. The molecule has 0 fully saturated rings. The maximum absolute atomic E-state index is 6.35. The summed E-state index contributed by atoms with van der Waals surface area (Å²) in [6.07, 6.45) is 1.98. The number of unbranched alkanes of at least 4 members (excludes halogenated alkanes) is 1. The van der Waals surface area contributed by atoms with Gasteiger partial charge in [-0.25, -0.2) is 4.98 Å². The van der Waals surface area contributed by atoms with E-state index >= 15 is 0 Å². The van der Waals surface area contributed by atoms with Crippen LogP contribution in [0.3, 0.4) is 0 Å². The Balaban J connectivity index is 1.39. The fourth-order valence-electron chi connectivity index (χ4n) is 4.48. The summed E-state index contributed by atoms with van der Waals surface area (Å²) in [6, 6.07) is 23.3. The summed E-state index contributed by atoms with van der Waals surface area (Å²) in [6.45, 7) is 15.2. The third-order valence-corrected chi connectivity index (χ3v) is 6.65. The number of fused-ring (bicyclic) bond motifs is 1. The van der Waals surface area contributed by atoms with Crippen molar-refractivity contribution in [3.05, 3.63) is 89.2 Å². The van der Waals surface area contributed by atoms with Gasteiger partial charge in [-0.1, -0.05) is 71.0 Å². The number of para-hydroxylation sites is 2. The molecule has 0 saturated carbocycles. The van der Waals surface area contributed by atoms with Gasteiger partial charge in [0.05, 0.1) is 17.6 Å². The first-order valence-electron chi connectivity index (χ1n) is 13.1. The van der Waals surface area contributed by atoms with Gasteiger partial charge >= 0.3 is 0 Å². The van der Waals surface area contributed by atoms with Gasteiger partial charge in [0, 0.05) is 6.54 Å². The zero-order valence-electron chi connectivity index (χ0n) is 22.7. The highest BCUT2D eigenvalue weighted by Crippen LogP contribution is 2.29. The van der Waals surface area contributed by atoms with Gasteiger partial charge in [0.15, 0.2) is 0 Å². The SMILES string of the molecule is Cc1ccc(C(C)C)c(OCc2nc3ccccc3n2CCCCOc2ccc(C(C)(C)C)cc2)c1. The van der Waals surface area contributed by atoms with Crippen LogP contribution in [0, 0.1) is 6.92 Å². The number of imidazole rings is 1. The lowest BCUT2D eigenvalue weighted by molar-refractivity contribution is 0.282. The molecule has 1 heterocycles. The lowest BCUT2D eigenvalue weighted by Gasteiger charge is -2.19. The van der Waals surface area contributed by atoms with Crippen molar-refractivity contribution in [2.24, 2.45) is 0 Å². The molecule has 0 bridgehead atoms. The van der Waals surface area contributed by atoms with Gasteiger partial charge < -0.3 is 14.0 Å². The predicted molar refractivity (Wildman–Crippen MR) is 149 cm³/mol. The van der Waals surface area contributed by atoms with E-state index in [1.54, 1.807) is 0 Å². The molecule has 1 aromatic heterocycles. The van der Waals surface area contributed by atoms with E-state index in [0.29, 0.717) is 19.1 Å². The molecule has 4 heteroatoms. The standard InChI is InChI=1S/C32H40N2O2/c1-23(2)27-18-13-24(3)21-30(27)36-22-31-33-28-11-7-8-12-29(28)34(31)19-9-10-20-35-26-16-14-25(15-17-26)32(4,5)6/h7-8,11-18,21,23H,9-10,19-20,22H2,1-6H3. The van der Waals surface area contributed by atoms with Crippen molar-refractivity contribution < 1.29 is 9.47 Å². The van der Waals surface area contributed by atoms with E-state index in [2.05, 4.69) is 107 Å². The molecular weight excluding hydrogens is 444 g/mol. The molecule has 0 aliphatic carbocycles. The summed E-state index contributed by atoms with van der Waals surface area (Å²) in [5, 5.41) is 0. The van der Waals surface area contributed by atoms with Crippen LogP contribution in [0.5, 0.6) is 11.5 Å². The third-order valence-electron chi connectivity index (χ3n) is 6.65. The van der Waals surface area contributed by atoms with Crippen LogP contribution in [-0.4, -0.2) is 16.2 Å². The maximum Gasteiger partial charge on any atom is 0.147 e. The summed E-state index contributed by atoms with van der Waals surface area (Å²) >= 11 is 0. The molecular formula is C32H40N2O2. The smallest absolute Gasteiger partial charge is 0.147 e. The molecule has 3 aromatic carbocycles. The number of hydrogen-bond acceptors (Lipinski definition) is 3. The molecule has 190 valence electrons. The van der Waals surface area contributed by atoms with E-state index in [1.165, 1.54) is 16.7 Å². The Kier molecular flexibility index (Phi) is 8.03. The van der Waals surface area contributed by atoms with Crippen LogP contribution in [0.4, 0.5) is 0 Å². The van der Waals surface area contributed by atoms with Crippen molar-refractivity contribution in [2.75, 3.05) is 6.61 Å². The average molecular weight is 485 g/mol. The van der Waals surface area contributed by atoms with Crippen LogP contribution in [0.2, 0.25) is 0 Å². The topological polar surface area (TPSA) is 36.3 Å². The van der Waals surface area contributed by atoms with E-state index in [9.17, 15) is 0 Å². The van der Waals surface area contributed by atoms with Crippen LogP contribution < -0.4 is 9.47 Å². The minimum Gasteiger partial charge on any atom is -0.494 e. The molecule has 0 N–H and O–H groups in total. The van der Waals surface area contributed by atoms with Gasteiger partial charge in [-0.2, -0.15) is 0 Å². The van der Waals surface area contributed by atoms with E-state index in [-0.39, 0.29) is 5.41 Å². The Labute approximate surface area is 216 Å². The molecule has 0 aliphatic rings. The van der Waals surface area contributed by atoms with Crippen molar-refractivity contribution in [3.8, 4) is 11.5 Å². The first-order chi connectivity index (χ1) is 17.2. The Hall–Kier alpha value is -3.27. The highest BCUT2D eigenvalue weighted by atomic mass is 16.5. The van der Waals surface area contributed by atoms with E-state index < -0.39 is 0 Å². The van der Waals surface area contributed by atoms with Crippen LogP contribution in [0.15, 0.2) is 66.7 Å². The van der Waals surface area contributed by atoms with Gasteiger partial charge in [0.1, 0.15) is 23.9 Å². The summed E-state index contributed by atoms with van der Waals surface area (Å²) in [5.74, 6) is 3.26. The molecule has 0 unspecified atom stereocenters. The molecule has 4 aromatic rings. The normalized spacial score (nSPS) is 11.9. The molecule has 0 atom stereocenters. The number of ether oxygens (including phenoxy) is 2. The highest BCUT2D eigenvalue weighted by molar-refractivity contribution is 5.75. The third kappa shape index (κ3) is 6.29. The van der Waals surface area contributed by atoms with Crippen molar-refractivity contribution in [2.45, 2.75) is 78.9 Å². The number of benzene rings is 3. The quantitative estimate of drug-likeness (QED) is 0.213. The van der Waals surface area contributed by atoms with E-state index in [4.69, 9.17) is 14.5 Å². The first kappa shape index (κ1) is 25.8. The van der Waals surface area contributed by atoms with Crippen molar-refractivity contribution in [1.29, 1.82) is 0 Å².